The van der Waals surface area contributed by atoms with Crippen LogP contribution in [0.3, 0.4) is 0 Å². The third kappa shape index (κ3) is 3.80. The topological polar surface area (TPSA) is 50.8 Å². The number of carbonyl (C=O) groups excluding carboxylic acids is 1. The normalized spacial score (nSPS) is 12.5. The zero-order valence-corrected chi connectivity index (χ0v) is 13.0. The molecule has 5 nitrogen and oxygen atoms in total. The van der Waals surface area contributed by atoms with Crippen LogP contribution in [0.15, 0.2) is 36.4 Å². The maximum Gasteiger partial charge on any atom is 0.238 e. The Labute approximate surface area is 137 Å². The van der Waals surface area contributed by atoms with Crippen molar-refractivity contribution >= 4 is 11.6 Å². The molecule has 1 aliphatic rings. The maximum absolute atomic E-state index is 13.5. The number of nitrogens with one attached hydrogen (secondary N) is 1. The summed E-state index contributed by atoms with van der Waals surface area (Å²) in [6.07, 6.45) is 0. The lowest BCUT2D eigenvalue weighted by Crippen LogP contribution is -2.30. The number of hydrogen-bond donors (Lipinski definition) is 1. The van der Waals surface area contributed by atoms with Crippen molar-refractivity contribution < 1.29 is 23.0 Å². The second kappa shape index (κ2) is 6.84. The molecular formula is C17H16F2N2O3. The summed E-state index contributed by atoms with van der Waals surface area (Å²) in [5.74, 6) is -0.348. The van der Waals surface area contributed by atoms with E-state index in [1.807, 2.05) is 18.2 Å². The van der Waals surface area contributed by atoms with Gasteiger partial charge in [0.25, 0.3) is 0 Å². The van der Waals surface area contributed by atoms with Crippen LogP contribution in [0.2, 0.25) is 0 Å². The SMILES string of the molecule is CN(CC(=O)Nc1cc(F)ccc1F)Cc1ccc2c(c1)OCO2. The van der Waals surface area contributed by atoms with E-state index in [1.165, 1.54) is 0 Å². The predicted molar refractivity (Wildman–Crippen MR) is 83.9 cm³/mol. The van der Waals surface area contributed by atoms with Crippen LogP contribution in [-0.4, -0.2) is 31.2 Å². The molecule has 0 fully saturated rings. The third-order valence-electron chi connectivity index (χ3n) is 3.51. The minimum atomic E-state index is -0.678. The Morgan fingerprint density at radius 1 is 1.17 bits per heavy atom. The number of anilines is 1. The zero-order valence-electron chi connectivity index (χ0n) is 13.0. The summed E-state index contributed by atoms with van der Waals surface area (Å²) in [5, 5.41) is 2.37. The first-order chi connectivity index (χ1) is 11.5. The quantitative estimate of drug-likeness (QED) is 0.913. The molecule has 7 heteroatoms. The lowest BCUT2D eigenvalue weighted by atomic mass is 10.2. The van der Waals surface area contributed by atoms with E-state index in [-0.39, 0.29) is 19.0 Å². The molecule has 126 valence electrons. The molecule has 1 amide bonds. The minimum absolute atomic E-state index is 0.0321. The van der Waals surface area contributed by atoms with Crippen molar-refractivity contribution in [3.8, 4) is 11.5 Å². The highest BCUT2D eigenvalue weighted by Crippen LogP contribution is 2.32. The molecule has 0 unspecified atom stereocenters. The second-order valence-corrected chi connectivity index (χ2v) is 5.53. The van der Waals surface area contributed by atoms with Crippen molar-refractivity contribution in [2.45, 2.75) is 6.54 Å². The Morgan fingerprint density at radius 3 is 2.79 bits per heavy atom. The Balaban J connectivity index is 1.57. The summed E-state index contributed by atoms with van der Waals surface area (Å²) in [6.45, 7) is 0.732. The average Bonchev–Trinajstić information content (AvgIpc) is 2.98. The minimum Gasteiger partial charge on any atom is -0.454 e. The van der Waals surface area contributed by atoms with Crippen LogP contribution in [0.25, 0.3) is 0 Å². The molecule has 0 bridgehead atoms. The van der Waals surface area contributed by atoms with Crippen LogP contribution in [-0.2, 0) is 11.3 Å². The van der Waals surface area contributed by atoms with Crippen molar-refractivity contribution in [2.75, 3.05) is 25.7 Å². The lowest BCUT2D eigenvalue weighted by molar-refractivity contribution is -0.117. The Morgan fingerprint density at radius 2 is 1.96 bits per heavy atom. The number of rotatable bonds is 5. The predicted octanol–water partition coefficient (Wildman–Crippen LogP) is 2.76. The molecule has 1 N–H and O–H groups in total. The number of benzene rings is 2. The van der Waals surface area contributed by atoms with E-state index >= 15 is 0 Å². The van der Waals surface area contributed by atoms with Crippen LogP contribution in [0.5, 0.6) is 11.5 Å². The van der Waals surface area contributed by atoms with E-state index in [9.17, 15) is 13.6 Å². The molecule has 0 saturated heterocycles. The van der Waals surface area contributed by atoms with Crippen molar-refractivity contribution in [2.24, 2.45) is 0 Å². The largest absolute Gasteiger partial charge is 0.454 e. The molecule has 0 spiro atoms. The number of halogens is 2. The molecule has 0 radical (unpaired) electrons. The summed E-state index contributed by atoms with van der Waals surface area (Å²) < 4.78 is 37.2. The van der Waals surface area contributed by atoms with E-state index < -0.39 is 17.5 Å². The van der Waals surface area contributed by atoms with Gasteiger partial charge in [0.1, 0.15) is 11.6 Å². The van der Waals surface area contributed by atoms with E-state index in [1.54, 1.807) is 11.9 Å². The van der Waals surface area contributed by atoms with Gasteiger partial charge in [-0.2, -0.15) is 0 Å². The summed E-state index contributed by atoms with van der Waals surface area (Å²) in [5.41, 5.74) is 0.781. The van der Waals surface area contributed by atoms with Gasteiger partial charge in [0.15, 0.2) is 11.5 Å². The monoisotopic (exact) mass is 334 g/mol. The summed E-state index contributed by atoms with van der Waals surface area (Å²) in [6, 6.07) is 8.47. The fraction of sp³-hybridized carbons (Fsp3) is 0.235. The van der Waals surface area contributed by atoms with E-state index in [0.29, 0.717) is 18.0 Å². The van der Waals surface area contributed by atoms with E-state index in [4.69, 9.17) is 9.47 Å². The second-order valence-electron chi connectivity index (χ2n) is 5.53. The third-order valence-corrected chi connectivity index (χ3v) is 3.51. The van der Waals surface area contributed by atoms with Crippen molar-refractivity contribution in [1.29, 1.82) is 0 Å². The zero-order chi connectivity index (χ0) is 17.1. The number of hydrogen-bond acceptors (Lipinski definition) is 4. The van der Waals surface area contributed by atoms with Gasteiger partial charge in [-0.15, -0.1) is 0 Å². The molecule has 24 heavy (non-hydrogen) atoms. The molecule has 0 saturated carbocycles. The van der Waals surface area contributed by atoms with Crippen LogP contribution in [0, 0.1) is 11.6 Å². The molecule has 1 heterocycles. The lowest BCUT2D eigenvalue weighted by Gasteiger charge is -2.16. The molecule has 2 aromatic carbocycles. The summed E-state index contributed by atoms with van der Waals surface area (Å²) in [4.78, 5) is 13.7. The van der Waals surface area contributed by atoms with E-state index in [0.717, 1.165) is 23.8 Å². The fourth-order valence-electron chi connectivity index (χ4n) is 2.44. The molecule has 3 rings (SSSR count). The van der Waals surface area contributed by atoms with Crippen molar-refractivity contribution in [3.05, 3.63) is 53.6 Å². The van der Waals surface area contributed by atoms with Gasteiger partial charge in [-0.1, -0.05) is 6.07 Å². The molecule has 0 aliphatic carbocycles. The summed E-state index contributed by atoms with van der Waals surface area (Å²) in [7, 11) is 1.76. The smallest absolute Gasteiger partial charge is 0.238 e. The molecular weight excluding hydrogens is 318 g/mol. The Hall–Kier alpha value is -2.67. The maximum atomic E-state index is 13.5. The van der Waals surface area contributed by atoms with Gasteiger partial charge in [0.05, 0.1) is 12.2 Å². The molecule has 2 aromatic rings. The van der Waals surface area contributed by atoms with Gasteiger partial charge in [-0.05, 0) is 36.9 Å². The molecule has 0 atom stereocenters. The van der Waals surface area contributed by atoms with Crippen molar-refractivity contribution in [3.63, 3.8) is 0 Å². The fourth-order valence-corrected chi connectivity index (χ4v) is 2.44. The van der Waals surface area contributed by atoms with Crippen molar-refractivity contribution in [1.82, 2.24) is 4.90 Å². The number of nitrogens with zero attached hydrogens (tertiary/aromatic N) is 1. The average molecular weight is 334 g/mol. The van der Waals surface area contributed by atoms with Gasteiger partial charge in [0.2, 0.25) is 12.7 Å². The van der Waals surface area contributed by atoms with Gasteiger partial charge in [0, 0.05) is 12.6 Å². The molecule has 0 aromatic heterocycles. The van der Waals surface area contributed by atoms with Gasteiger partial charge < -0.3 is 14.8 Å². The number of carbonyl (C=O) groups is 1. The Kier molecular flexibility index (Phi) is 4.61. The Bertz CT molecular complexity index is 767. The number of fused-ring (bicyclic) bond motifs is 1. The van der Waals surface area contributed by atoms with Gasteiger partial charge >= 0.3 is 0 Å². The summed E-state index contributed by atoms with van der Waals surface area (Å²) >= 11 is 0. The first-order valence-electron chi connectivity index (χ1n) is 7.33. The van der Waals surface area contributed by atoms with E-state index in [2.05, 4.69) is 5.32 Å². The van der Waals surface area contributed by atoms with Crippen LogP contribution in [0.1, 0.15) is 5.56 Å². The van der Waals surface area contributed by atoms with Crippen LogP contribution < -0.4 is 14.8 Å². The van der Waals surface area contributed by atoms with Crippen LogP contribution >= 0.6 is 0 Å². The highest BCUT2D eigenvalue weighted by molar-refractivity contribution is 5.92. The standard InChI is InChI=1S/C17H16F2N2O3/c1-21(8-11-2-5-15-16(6-11)24-10-23-15)9-17(22)20-14-7-12(18)3-4-13(14)19/h2-7H,8-10H2,1H3,(H,20,22). The van der Waals surface area contributed by atoms with Gasteiger partial charge in [-0.3, -0.25) is 9.69 Å². The number of likely N-dealkylation sites (N-methyl/N-ethyl adjacent to an activating group) is 1. The number of ether oxygens (including phenoxy) is 2. The van der Waals surface area contributed by atoms with Gasteiger partial charge in [-0.25, -0.2) is 8.78 Å². The highest BCUT2D eigenvalue weighted by Gasteiger charge is 2.15. The first-order valence-corrected chi connectivity index (χ1v) is 7.33. The number of amides is 1. The molecule has 1 aliphatic heterocycles. The first kappa shape index (κ1) is 16.2. The highest BCUT2D eigenvalue weighted by atomic mass is 19.1. The van der Waals surface area contributed by atoms with Crippen LogP contribution in [0.4, 0.5) is 14.5 Å².